The van der Waals surface area contributed by atoms with Crippen molar-refractivity contribution in [3.63, 3.8) is 0 Å². The molecule has 0 atom stereocenters. The second-order valence-electron chi connectivity index (χ2n) is 4.61. The quantitative estimate of drug-likeness (QED) is 0.795. The summed E-state index contributed by atoms with van der Waals surface area (Å²) < 4.78 is 1.82. The molecular formula is C14H19ClN4O. The molecule has 20 heavy (non-hydrogen) atoms. The van der Waals surface area contributed by atoms with Gasteiger partial charge >= 0.3 is 0 Å². The van der Waals surface area contributed by atoms with Gasteiger partial charge in [0.1, 0.15) is 17.9 Å². The van der Waals surface area contributed by atoms with E-state index in [4.69, 9.17) is 11.6 Å². The van der Waals surface area contributed by atoms with E-state index in [1.807, 2.05) is 31.4 Å². The number of alkyl halides is 1. The highest BCUT2D eigenvalue weighted by atomic mass is 35.5. The van der Waals surface area contributed by atoms with E-state index in [0.717, 1.165) is 16.7 Å². The molecule has 108 valence electrons. The number of likely N-dealkylation sites (N-methyl/N-ethyl adjacent to an activating group) is 1. The number of pyridine rings is 1. The first-order chi connectivity index (χ1) is 9.62. The van der Waals surface area contributed by atoms with Crippen molar-refractivity contribution >= 4 is 28.7 Å². The van der Waals surface area contributed by atoms with Gasteiger partial charge in [0.25, 0.3) is 0 Å². The molecule has 2 aromatic heterocycles. The van der Waals surface area contributed by atoms with Crippen LogP contribution in [-0.2, 0) is 17.2 Å². The van der Waals surface area contributed by atoms with Gasteiger partial charge in [0, 0.05) is 19.3 Å². The highest BCUT2D eigenvalue weighted by Gasteiger charge is 2.17. The molecule has 0 saturated carbocycles. The van der Waals surface area contributed by atoms with Crippen LogP contribution < -0.4 is 0 Å². The summed E-state index contributed by atoms with van der Waals surface area (Å²) in [5.74, 6) is 1.01. The summed E-state index contributed by atoms with van der Waals surface area (Å²) in [6, 6.07) is 1.91. The lowest BCUT2D eigenvalue weighted by molar-refractivity contribution is -0.131. The van der Waals surface area contributed by atoms with E-state index in [0.29, 0.717) is 18.9 Å². The summed E-state index contributed by atoms with van der Waals surface area (Å²) in [4.78, 5) is 22.9. The van der Waals surface area contributed by atoms with E-state index < -0.39 is 0 Å². The van der Waals surface area contributed by atoms with Gasteiger partial charge in [-0.3, -0.25) is 4.79 Å². The number of halogens is 1. The Morgan fingerprint density at radius 3 is 2.70 bits per heavy atom. The number of amides is 1. The van der Waals surface area contributed by atoms with Crippen LogP contribution in [0.15, 0.2) is 12.3 Å². The molecule has 0 saturated heterocycles. The lowest BCUT2D eigenvalue weighted by Gasteiger charge is -2.19. The van der Waals surface area contributed by atoms with Gasteiger partial charge in [-0.05, 0) is 32.4 Å². The maximum atomic E-state index is 12.3. The molecule has 6 heteroatoms. The van der Waals surface area contributed by atoms with E-state index in [-0.39, 0.29) is 18.3 Å². The number of nitrogens with zero attached hydrogens (tertiary/aromatic N) is 4. The predicted octanol–water partition coefficient (Wildman–Crippen LogP) is 2.35. The zero-order chi connectivity index (χ0) is 14.7. The molecule has 1 amide bonds. The molecular weight excluding hydrogens is 276 g/mol. The van der Waals surface area contributed by atoms with Gasteiger partial charge < -0.3 is 9.47 Å². The fourth-order valence-corrected chi connectivity index (χ4v) is 2.47. The summed E-state index contributed by atoms with van der Waals surface area (Å²) in [6.45, 7) is 7.55. The Balaban J connectivity index is 2.43. The Hall–Kier alpha value is -1.62. The second kappa shape index (κ2) is 6.22. The van der Waals surface area contributed by atoms with Gasteiger partial charge in [0.05, 0.1) is 5.88 Å². The van der Waals surface area contributed by atoms with Gasteiger partial charge in [0.2, 0.25) is 5.91 Å². The minimum Gasteiger partial charge on any atom is -0.342 e. The van der Waals surface area contributed by atoms with Crippen LogP contribution in [0.25, 0.3) is 11.2 Å². The Morgan fingerprint density at radius 1 is 1.40 bits per heavy atom. The average molecular weight is 295 g/mol. The maximum absolute atomic E-state index is 12.3. The third-order valence-electron chi connectivity index (χ3n) is 3.44. The fraction of sp³-hybridized carbons (Fsp3) is 0.500. The van der Waals surface area contributed by atoms with Crippen LogP contribution in [0.2, 0.25) is 0 Å². The molecule has 0 N–H and O–H groups in total. The highest BCUT2D eigenvalue weighted by Crippen LogP contribution is 2.18. The molecule has 5 nitrogen and oxygen atoms in total. The molecule has 2 rings (SSSR count). The molecule has 2 aromatic rings. The largest absolute Gasteiger partial charge is 0.342 e. The van der Waals surface area contributed by atoms with Crippen LogP contribution in [-0.4, -0.2) is 38.4 Å². The fourth-order valence-electron chi connectivity index (χ4n) is 2.26. The Labute approximate surface area is 123 Å². The van der Waals surface area contributed by atoms with Gasteiger partial charge in [-0.2, -0.15) is 0 Å². The number of carbonyl (C=O) groups excluding carboxylic acids is 1. The summed E-state index contributed by atoms with van der Waals surface area (Å²) in [6.07, 6.45) is 1.73. The Morgan fingerprint density at radius 2 is 2.10 bits per heavy atom. The van der Waals surface area contributed by atoms with Gasteiger partial charge in [0.15, 0.2) is 5.65 Å². The predicted molar refractivity (Wildman–Crippen MR) is 79.8 cm³/mol. The second-order valence-corrected chi connectivity index (χ2v) is 4.88. The van der Waals surface area contributed by atoms with Crippen molar-refractivity contribution in [2.24, 2.45) is 0 Å². The summed E-state index contributed by atoms with van der Waals surface area (Å²) in [7, 11) is 0. The van der Waals surface area contributed by atoms with E-state index in [1.54, 1.807) is 11.1 Å². The summed E-state index contributed by atoms with van der Waals surface area (Å²) >= 11 is 5.95. The Kier molecular flexibility index (Phi) is 4.60. The van der Waals surface area contributed by atoms with Crippen LogP contribution in [0.4, 0.5) is 0 Å². The molecule has 0 aromatic carbocycles. The zero-order valence-electron chi connectivity index (χ0n) is 12.1. The van der Waals surface area contributed by atoms with Crippen molar-refractivity contribution < 1.29 is 4.79 Å². The number of carbonyl (C=O) groups is 1. The minimum absolute atomic E-state index is 0.0592. The SMILES string of the molecule is CCN(CC)C(=O)Cn1c(CCl)nc2c(C)ccnc21. The molecule has 0 fully saturated rings. The third kappa shape index (κ3) is 2.63. The monoisotopic (exact) mass is 294 g/mol. The number of hydrogen-bond donors (Lipinski definition) is 0. The smallest absolute Gasteiger partial charge is 0.242 e. The molecule has 0 bridgehead atoms. The number of aromatic nitrogens is 3. The topological polar surface area (TPSA) is 51.0 Å². The normalized spacial score (nSPS) is 11.0. The molecule has 0 radical (unpaired) electrons. The molecule has 2 heterocycles. The van der Waals surface area contributed by atoms with Crippen LogP contribution >= 0.6 is 11.6 Å². The lowest BCUT2D eigenvalue weighted by Crippen LogP contribution is -2.33. The van der Waals surface area contributed by atoms with Crippen molar-refractivity contribution in [2.75, 3.05) is 13.1 Å². The molecule has 0 spiro atoms. The number of hydrogen-bond acceptors (Lipinski definition) is 3. The third-order valence-corrected chi connectivity index (χ3v) is 3.68. The van der Waals surface area contributed by atoms with Gasteiger partial charge in [-0.1, -0.05) is 0 Å². The van der Waals surface area contributed by atoms with Crippen molar-refractivity contribution in [1.82, 2.24) is 19.4 Å². The van der Waals surface area contributed by atoms with E-state index in [1.165, 1.54) is 0 Å². The number of imidazole rings is 1. The first-order valence-electron chi connectivity index (χ1n) is 6.76. The molecule has 0 aliphatic heterocycles. The zero-order valence-corrected chi connectivity index (χ0v) is 12.8. The van der Waals surface area contributed by atoms with Crippen molar-refractivity contribution in [3.8, 4) is 0 Å². The number of fused-ring (bicyclic) bond motifs is 1. The van der Waals surface area contributed by atoms with Gasteiger partial charge in [-0.25, -0.2) is 9.97 Å². The number of aryl methyl sites for hydroxylation is 1. The Bertz CT molecular complexity index is 619. The van der Waals surface area contributed by atoms with Crippen molar-refractivity contribution in [1.29, 1.82) is 0 Å². The first-order valence-corrected chi connectivity index (χ1v) is 7.30. The highest BCUT2D eigenvalue weighted by molar-refractivity contribution is 6.16. The van der Waals surface area contributed by atoms with E-state index >= 15 is 0 Å². The van der Waals surface area contributed by atoms with Crippen LogP contribution in [0.3, 0.4) is 0 Å². The maximum Gasteiger partial charge on any atom is 0.242 e. The molecule has 0 aliphatic carbocycles. The van der Waals surface area contributed by atoms with Crippen LogP contribution in [0.1, 0.15) is 25.2 Å². The number of rotatable bonds is 5. The van der Waals surface area contributed by atoms with Crippen LogP contribution in [0, 0.1) is 6.92 Å². The van der Waals surface area contributed by atoms with Crippen molar-refractivity contribution in [3.05, 3.63) is 23.7 Å². The lowest BCUT2D eigenvalue weighted by atomic mass is 10.3. The minimum atomic E-state index is 0.0592. The van der Waals surface area contributed by atoms with E-state index in [9.17, 15) is 4.79 Å². The molecule has 0 aliphatic rings. The standard InChI is InChI=1S/C14H19ClN4O/c1-4-18(5-2)12(20)9-19-11(8-15)17-13-10(3)6-7-16-14(13)19/h6-7H,4-5,8-9H2,1-3H3. The summed E-state index contributed by atoms with van der Waals surface area (Å²) in [5, 5.41) is 0. The average Bonchev–Trinajstić information content (AvgIpc) is 2.80. The summed E-state index contributed by atoms with van der Waals surface area (Å²) in [5.41, 5.74) is 2.58. The van der Waals surface area contributed by atoms with Gasteiger partial charge in [-0.15, -0.1) is 11.6 Å². The first kappa shape index (κ1) is 14.8. The van der Waals surface area contributed by atoms with E-state index in [2.05, 4.69) is 9.97 Å². The molecule has 0 unspecified atom stereocenters. The van der Waals surface area contributed by atoms with Crippen LogP contribution in [0.5, 0.6) is 0 Å². The van der Waals surface area contributed by atoms with Crippen molar-refractivity contribution in [2.45, 2.75) is 33.2 Å².